The largest absolute Gasteiger partial charge is 1.00 e. The van der Waals surface area contributed by atoms with E-state index in [1.165, 1.54) is 23.5 Å². The van der Waals surface area contributed by atoms with Crippen molar-refractivity contribution in [3.05, 3.63) is 76.8 Å². The Morgan fingerprint density at radius 3 is 2.22 bits per heavy atom. The first-order valence-electron chi connectivity index (χ1n) is 8.02. The van der Waals surface area contributed by atoms with Crippen molar-refractivity contribution < 1.29 is 44.3 Å². The van der Waals surface area contributed by atoms with Crippen molar-refractivity contribution in [2.75, 3.05) is 0 Å². The standard InChI is InChI=1S/C20H18N2O3S.Na/c1-20(2,22-17(23)13-6-4-3-5-7-13)16-12-26-18(21-16)14-8-10-15(11-9-14)19(24)25;/h3-12H,1-2H3,(H,22,23)(H,24,25);/q;+1/p-1. The molecule has 0 aliphatic carbocycles. The van der Waals surface area contributed by atoms with Crippen LogP contribution in [0.2, 0.25) is 0 Å². The third-order valence-electron chi connectivity index (χ3n) is 3.97. The molecule has 1 aromatic heterocycles. The summed E-state index contributed by atoms with van der Waals surface area (Å²) in [7, 11) is 0. The van der Waals surface area contributed by atoms with E-state index in [0.717, 1.165) is 16.3 Å². The third-order valence-corrected chi connectivity index (χ3v) is 4.87. The van der Waals surface area contributed by atoms with E-state index in [9.17, 15) is 14.7 Å². The summed E-state index contributed by atoms with van der Waals surface area (Å²) in [5.41, 5.74) is 1.63. The zero-order valence-electron chi connectivity index (χ0n) is 15.4. The van der Waals surface area contributed by atoms with Crippen LogP contribution in [0.1, 0.15) is 40.3 Å². The molecule has 132 valence electrons. The van der Waals surface area contributed by atoms with Crippen LogP contribution < -0.4 is 40.0 Å². The number of rotatable bonds is 5. The van der Waals surface area contributed by atoms with E-state index in [0.29, 0.717) is 5.56 Å². The molecule has 0 radical (unpaired) electrons. The molecule has 0 unspecified atom stereocenters. The van der Waals surface area contributed by atoms with Gasteiger partial charge in [0.05, 0.1) is 17.2 Å². The second-order valence-electron chi connectivity index (χ2n) is 6.35. The first kappa shape index (κ1) is 21.3. The summed E-state index contributed by atoms with van der Waals surface area (Å²) in [5, 5.41) is 16.5. The number of nitrogens with one attached hydrogen (secondary N) is 1. The number of carbonyl (C=O) groups is 2. The molecule has 1 heterocycles. The van der Waals surface area contributed by atoms with Crippen molar-refractivity contribution in [1.29, 1.82) is 0 Å². The van der Waals surface area contributed by atoms with Gasteiger partial charge in [0.25, 0.3) is 5.91 Å². The number of carboxylic acids is 1. The van der Waals surface area contributed by atoms with Crippen molar-refractivity contribution in [2.45, 2.75) is 19.4 Å². The van der Waals surface area contributed by atoms with Crippen LogP contribution in [-0.4, -0.2) is 16.9 Å². The van der Waals surface area contributed by atoms with E-state index < -0.39 is 11.5 Å². The number of amides is 1. The number of aromatic carboxylic acids is 1. The molecule has 0 spiro atoms. The second kappa shape index (κ2) is 8.80. The van der Waals surface area contributed by atoms with Gasteiger partial charge in [-0.2, -0.15) is 0 Å². The topological polar surface area (TPSA) is 82.1 Å². The Balaban J connectivity index is 0.00000261. The van der Waals surface area contributed by atoms with E-state index in [-0.39, 0.29) is 41.0 Å². The summed E-state index contributed by atoms with van der Waals surface area (Å²) in [6.45, 7) is 3.79. The van der Waals surface area contributed by atoms with Gasteiger partial charge in [0, 0.05) is 16.5 Å². The van der Waals surface area contributed by atoms with Gasteiger partial charge in [-0.1, -0.05) is 42.5 Å². The van der Waals surface area contributed by atoms with Gasteiger partial charge in [-0.25, -0.2) is 4.98 Å². The number of carbonyl (C=O) groups excluding carboxylic acids is 2. The zero-order chi connectivity index (χ0) is 18.7. The average Bonchev–Trinajstić information content (AvgIpc) is 3.13. The van der Waals surface area contributed by atoms with Gasteiger partial charge in [-0.05, 0) is 31.5 Å². The van der Waals surface area contributed by atoms with Crippen LogP contribution in [0, 0.1) is 0 Å². The number of hydrogen-bond donors (Lipinski definition) is 1. The van der Waals surface area contributed by atoms with E-state index in [2.05, 4.69) is 10.3 Å². The minimum absolute atomic E-state index is 0. The monoisotopic (exact) mass is 388 g/mol. The maximum atomic E-state index is 12.4. The SMILES string of the molecule is CC(C)(NC(=O)c1ccccc1)c1csc(-c2ccc(C(=O)[O-])cc2)n1.[Na+]. The summed E-state index contributed by atoms with van der Waals surface area (Å²) in [5.74, 6) is -1.37. The van der Waals surface area contributed by atoms with Crippen LogP contribution in [0.4, 0.5) is 0 Å². The second-order valence-corrected chi connectivity index (χ2v) is 7.21. The number of hydrogen-bond acceptors (Lipinski definition) is 5. The number of nitrogens with zero attached hydrogens (tertiary/aromatic N) is 1. The molecule has 27 heavy (non-hydrogen) atoms. The van der Waals surface area contributed by atoms with Crippen LogP contribution in [0.25, 0.3) is 10.6 Å². The maximum absolute atomic E-state index is 12.4. The van der Waals surface area contributed by atoms with Gasteiger partial charge >= 0.3 is 29.6 Å². The van der Waals surface area contributed by atoms with Crippen LogP contribution in [0.5, 0.6) is 0 Å². The van der Waals surface area contributed by atoms with Crippen LogP contribution >= 0.6 is 11.3 Å². The third kappa shape index (κ3) is 5.05. The van der Waals surface area contributed by atoms with Crippen molar-refractivity contribution in [1.82, 2.24) is 10.3 Å². The molecular weight excluding hydrogens is 371 g/mol. The van der Waals surface area contributed by atoms with E-state index in [1.807, 2.05) is 37.4 Å². The fraction of sp³-hybridized carbons (Fsp3) is 0.150. The maximum Gasteiger partial charge on any atom is 1.00 e. The van der Waals surface area contributed by atoms with E-state index >= 15 is 0 Å². The van der Waals surface area contributed by atoms with Crippen LogP contribution in [0.15, 0.2) is 60.0 Å². The molecule has 1 amide bonds. The molecule has 7 heteroatoms. The molecule has 3 aromatic rings. The Morgan fingerprint density at radius 1 is 1.00 bits per heavy atom. The fourth-order valence-corrected chi connectivity index (χ4v) is 3.45. The minimum Gasteiger partial charge on any atom is -0.545 e. The molecule has 0 saturated heterocycles. The fourth-order valence-electron chi connectivity index (χ4n) is 2.45. The Kier molecular flexibility index (Phi) is 6.95. The van der Waals surface area contributed by atoms with Crippen molar-refractivity contribution in [3.8, 4) is 10.6 Å². The van der Waals surface area contributed by atoms with E-state index in [1.54, 1.807) is 24.3 Å². The van der Waals surface area contributed by atoms with Crippen molar-refractivity contribution >= 4 is 23.2 Å². The van der Waals surface area contributed by atoms with Gasteiger partial charge in [-0.3, -0.25) is 4.79 Å². The van der Waals surface area contributed by atoms with Crippen molar-refractivity contribution in [2.24, 2.45) is 0 Å². The molecule has 0 fully saturated rings. The predicted molar refractivity (Wildman–Crippen MR) is 98.8 cm³/mol. The number of benzene rings is 2. The van der Waals surface area contributed by atoms with Gasteiger partial charge in [0.15, 0.2) is 0 Å². The van der Waals surface area contributed by atoms with Crippen LogP contribution in [-0.2, 0) is 5.54 Å². The Labute approximate surface area is 183 Å². The quantitative estimate of drug-likeness (QED) is 0.616. The van der Waals surface area contributed by atoms with Gasteiger partial charge in [0.2, 0.25) is 0 Å². The number of carboxylic acid groups (broad SMARTS) is 1. The van der Waals surface area contributed by atoms with Crippen LogP contribution in [0.3, 0.4) is 0 Å². The summed E-state index contributed by atoms with van der Waals surface area (Å²) >= 11 is 1.44. The van der Waals surface area contributed by atoms with E-state index in [4.69, 9.17) is 0 Å². The number of aromatic nitrogens is 1. The van der Waals surface area contributed by atoms with Gasteiger partial charge in [0.1, 0.15) is 5.01 Å². The molecule has 0 atom stereocenters. The molecule has 2 aromatic carbocycles. The smallest absolute Gasteiger partial charge is 0.545 e. The molecule has 0 bridgehead atoms. The summed E-state index contributed by atoms with van der Waals surface area (Å²) < 4.78 is 0. The van der Waals surface area contributed by atoms with Crippen molar-refractivity contribution in [3.63, 3.8) is 0 Å². The molecule has 0 aliphatic rings. The minimum atomic E-state index is -1.21. The summed E-state index contributed by atoms with van der Waals surface area (Å²) in [6.07, 6.45) is 0. The predicted octanol–water partition coefficient (Wildman–Crippen LogP) is -0.157. The first-order chi connectivity index (χ1) is 12.4. The summed E-state index contributed by atoms with van der Waals surface area (Å²) in [6, 6.07) is 15.4. The molecule has 0 aliphatic heterocycles. The molecule has 0 saturated carbocycles. The normalized spacial score (nSPS) is 10.7. The average molecular weight is 388 g/mol. The Morgan fingerprint density at radius 2 is 1.63 bits per heavy atom. The Bertz CT molecular complexity index is 937. The zero-order valence-corrected chi connectivity index (χ0v) is 18.2. The molecule has 5 nitrogen and oxygen atoms in total. The van der Waals surface area contributed by atoms with Gasteiger partial charge < -0.3 is 15.2 Å². The molecule has 3 rings (SSSR count). The number of thiazole rings is 1. The molecule has 1 N–H and O–H groups in total. The Hall–Kier alpha value is -1.99. The summed E-state index contributed by atoms with van der Waals surface area (Å²) in [4.78, 5) is 27.9. The van der Waals surface area contributed by atoms with Gasteiger partial charge in [-0.15, -0.1) is 11.3 Å². The first-order valence-corrected chi connectivity index (χ1v) is 8.90. The molecular formula is C20H17N2NaO3S.